The first-order chi connectivity index (χ1) is 23.8. The molecule has 2 N–H and O–H groups in total. The van der Waals surface area contributed by atoms with E-state index in [1.165, 1.54) is 14.2 Å². The van der Waals surface area contributed by atoms with Crippen molar-refractivity contribution in [1.82, 2.24) is 29.6 Å². The lowest BCUT2D eigenvalue weighted by Gasteiger charge is -2.17. The lowest BCUT2D eigenvalue weighted by atomic mass is 9.96. The maximum absolute atomic E-state index is 14.0. The Labute approximate surface area is 280 Å². The van der Waals surface area contributed by atoms with E-state index in [1.54, 1.807) is 35.3 Å². The summed E-state index contributed by atoms with van der Waals surface area (Å²) in [5, 5.41) is 18.7. The van der Waals surface area contributed by atoms with E-state index in [-0.39, 0.29) is 11.9 Å². The SMILES string of the molecule is COc1cc(-n2ncc3c(-c4cccc(Nc5nc(C(F)F)nc6cc(CN7CC[C@@H](O)C7)cnc56)c4C)cccc32)cc(OC)c1C=O. The predicted molar refractivity (Wildman–Crippen MR) is 181 cm³/mol. The number of carbonyl (C=O) groups is 1. The molecular formula is C36H33F2N7O4. The first kappa shape index (κ1) is 32.0. The standard InChI is InChI=1S/C36H33F2N7O4/c1-20-24(25-7-5-9-30-26(25)16-40-45(30)22-13-31(48-2)27(19-46)32(14-22)49-3)6-4-8-28(20)41-35-33-29(42-36(43-35)34(37)38)12-21(15-39-33)17-44-11-10-23(47)18-44/h4-9,12-16,19,23,34,47H,10-11,17-18H2,1-3H3,(H,41,42,43)/t23-/m1/s1. The number of methoxy groups -OCH3 is 2. The van der Waals surface area contributed by atoms with Crippen LogP contribution in [0.15, 0.2) is 67.0 Å². The summed E-state index contributed by atoms with van der Waals surface area (Å²) in [6.07, 6.45) is 1.62. The molecule has 7 rings (SSSR count). The Morgan fingerprint density at radius 3 is 2.49 bits per heavy atom. The first-order valence-corrected chi connectivity index (χ1v) is 15.7. The number of pyridine rings is 1. The number of fused-ring (bicyclic) bond motifs is 2. The number of hydrogen-bond acceptors (Lipinski definition) is 10. The van der Waals surface area contributed by atoms with Crippen molar-refractivity contribution in [3.8, 4) is 28.3 Å². The fourth-order valence-electron chi connectivity index (χ4n) is 6.41. The van der Waals surface area contributed by atoms with Gasteiger partial charge in [-0.1, -0.05) is 24.3 Å². The Hall–Kier alpha value is -5.53. The highest BCUT2D eigenvalue weighted by Crippen LogP contribution is 2.37. The molecule has 3 aromatic heterocycles. The van der Waals surface area contributed by atoms with Crippen molar-refractivity contribution < 1.29 is 28.2 Å². The van der Waals surface area contributed by atoms with Crippen LogP contribution in [0.2, 0.25) is 0 Å². The molecule has 1 fully saturated rings. The number of benzene rings is 3. The lowest BCUT2D eigenvalue weighted by molar-refractivity contribution is 0.111. The van der Waals surface area contributed by atoms with E-state index >= 15 is 0 Å². The van der Waals surface area contributed by atoms with Gasteiger partial charge in [-0.25, -0.2) is 23.4 Å². The van der Waals surface area contributed by atoms with Gasteiger partial charge in [-0.2, -0.15) is 5.10 Å². The van der Waals surface area contributed by atoms with Gasteiger partial charge >= 0.3 is 0 Å². The van der Waals surface area contributed by atoms with Crippen molar-refractivity contribution >= 4 is 39.7 Å². The zero-order valence-corrected chi connectivity index (χ0v) is 27.0. The second-order valence-corrected chi connectivity index (χ2v) is 11.9. The van der Waals surface area contributed by atoms with Gasteiger partial charge in [0.05, 0.1) is 48.8 Å². The second kappa shape index (κ2) is 13.2. The van der Waals surface area contributed by atoms with Crippen LogP contribution < -0.4 is 14.8 Å². The largest absolute Gasteiger partial charge is 0.496 e. The monoisotopic (exact) mass is 665 g/mol. The highest BCUT2D eigenvalue weighted by molar-refractivity contribution is 5.98. The van der Waals surface area contributed by atoms with Crippen molar-refractivity contribution in [2.75, 3.05) is 32.6 Å². The number of nitrogens with zero attached hydrogens (tertiary/aromatic N) is 6. The van der Waals surface area contributed by atoms with Crippen LogP contribution in [-0.4, -0.2) is 74.4 Å². The van der Waals surface area contributed by atoms with Crippen LogP contribution >= 0.6 is 0 Å². The van der Waals surface area contributed by atoms with Gasteiger partial charge in [0.25, 0.3) is 6.43 Å². The number of likely N-dealkylation sites (tertiary alicyclic amines) is 1. The zero-order valence-electron chi connectivity index (χ0n) is 27.0. The number of hydrogen-bond donors (Lipinski definition) is 2. The van der Waals surface area contributed by atoms with Crippen molar-refractivity contribution in [3.63, 3.8) is 0 Å². The molecule has 0 radical (unpaired) electrons. The van der Waals surface area contributed by atoms with E-state index in [9.17, 15) is 18.7 Å². The zero-order chi connectivity index (χ0) is 34.2. The van der Waals surface area contributed by atoms with Crippen molar-refractivity contribution in [1.29, 1.82) is 0 Å². The number of β-amino-alcohol motifs (C(OH)–C–C–N with tert-alkyl or cyclic N) is 1. The summed E-state index contributed by atoms with van der Waals surface area (Å²) < 4.78 is 40.7. The van der Waals surface area contributed by atoms with Crippen LogP contribution in [0.1, 0.15) is 40.2 Å². The lowest BCUT2D eigenvalue weighted by Crippen LogP contribution is -2.21. The van der Waals surface area contributed by atoms with Crippen molar-refractivity contribution in [3.05, 3.63) is 89.5 Å². The molecule has 3 aromatic carbocycles. The molecule has 11 nitrogen and oxygen atoms in total. The van der Waals surface area contributed by atoms with Crippen molar-refractivity contribution in [2.24, 2.45) is 0 Å². The summed E-state index contributed by atoms with van der Waals surface area (Å²) in [6, 6.07) is 16.8. The normalized spacial score (nSPS) is 15.0. The number of nitrogens with one attached hydrogen (secondary N) is 1. The van der Waals surface area contributed by atoms with Gasteiger partial charge in [-0.3, -0.25) is 14.7 Å². The van der Waals surface area contributed by atoms with E-state index in [2.05, 4.69) is 30.3 Å². The Kier molecular flexibility index (Phi) is 8.61. The summed E-state index contributed by atoms with van der Waals surface area (Å²) in [7, 11) is 2.98. The Morgan fingerprint density at radius 2 is 1.80 bits per heavy atom. The molecule has 49 heavy (non-hydrogen) atoms. The van der Waals surface area contributed by atoms with Crippen LogP contribution in [0.5, 0.6) is 11.5 Å². The molecule has 0 bridgehead atoms. The summed E-state index contributed by atoms with van der Waals surface area (Å²) >= 11 is 0. The topological polar surface area (TPSA) is 128 Å². The minimum atomic E-state index is -2.88. The van der Waals surface area contributed by atoms with Crippen LogP contribution in [0.3, 0.4) is 0 Å². The highest BCUT2D eigenvalue weighted by Gasteiger charge is 2.22. The number of aldehydes is 1. The molecule has 250 valence electrons. The number of aromatic nitrogens is 5. The molecule has 0 amide bonds. The minimum Gasteiger partial charge on any atom is -0.496 e. The number of alkyl halides is 2. The quantitative estimate of drug-likeness (QED) is 0.158. The van der Waals surface area contributed by atoms with Crippen LogP contribution in [0.4, 0.5) is 20.3 Å². The second-order valence-electron chi connectivity index (χ2n) is 11.9. The molecule has 0 spiro atoms. The van der Waals surface area contributed by atoms with E-state index in [0.29, 0.717) is 65.3 Å². The Morgan fingerprint density at radius 1 is 1.04 bits per heavy atom. The minimum absolute atomic E-state index is 0.177. The van der Waals surface area contributed by atoms with Gasteiger partial charge < -0.3 is 19.9 Å². The number of rotatable bonds is 10. The molecule has 4 heterocycles. The molecule has 1 saturated heterocycles. The van der Waals surface area contributed by atoms with Gasteiger partial charge in [0.1, 0.15) is 17.0 Å². The van der Waals surface area contributed by atoms with Crippen molar-refractivity contribution in [2.45, 2.75) is 32.4 Å². The number of aliphatic hydroxyl groups excluding tert-OH is 1. The average Bonchev–Trinajstić information content (AvgIpc) is 3.74. The first-order valence-electron chi connectivity index (χ1n) is 15.7. The molecule has 13 heteroatoms. The third kappa shape index (κ3) is 6.02. The Bertz CT molecular complexity index is 2180. The number of carbonyl (C=O) groups excluding carboxylic acids is 1. The third-order valence-corrected chi connectivity index (χ3v) is 8.84. The van der Waals surface area contributed by atoms with Crippen LogP contribution in [-0.2, 0) is 6.54 Å². The van der Waals surface area contributed by atoms with Gasteiger partial charge in [-0.15, -0.1) is 0 Å². The van der Waals surface area contributed by atoms with Gasteiger partial charge in [0, 0.05) is 49.0 Å². The summed E-state index contributed by atoms with van der Waals surface area (Å²) in [5.41, 5.74) is 6.59. The van der Waals surface area contributed by atoms with Crippen LogP contribution in [0, 0.1) is 6.92 Å². The Balaban J connectivity index is 1.26. The van der Waals surface area contributed by atoms with Gasteiger partial charge in [-0.05, 0) is 53.8 Å². The fourth-order valence-corrected chi connectivity index (χ4v) is 6.41. The number of ether oxygens (including phenoxy) is 2. The summed E-state index contributed by atoms with van der Waals surface area (Å²) in [5.74, 6) is 0.314. The predicted octanol–water partition coefficient (Wildman–Crippen LogP) is 6.42. The van der Waals surface area contributed by atoms with E-state index < -0.39 is 12.2 Å². The summed E-state index contributed by atoms with van der Waals surface area (Å²) in [6.45, 7) is 3.78. The molecule has 1 atom stereocenters. The van der Waals surface area contributed by atoms with E-state index in [0.717, 1.165) is 39.7 Å². The molecular weight excluding hydrogens is 632 g/mol. The highest BCUT2D eigenvalue weighted by atomic mass is 19.3. The number of halogens is 2. The van der Waals surface area contributed by atoms with Gasteiger partial charge in [0.15, 0.2) is 17.9 Å². The molecule has 1 aliphatic heterocycles. The fraction of sp³-hybridized carbons (Fsp3) is 0.250. The van der Waals surface area contributed by atoms with E-state index in [4.69, 9.17) is 9.47 Å². The van der Waals surface area contributed by atoms with Gasteiger partial charge in [0.2, 0.25) is 0 Å². The third-order valence-electron chi connectivity index (χ3n) is 8.84. The van der Waals surface area contributed by atoms with E-state index in [1.807, 2.05) is 43.3 Å². The molecule has 0 saturated carbocycles. The summed E-state index contributed by atoms with van der Waals surface area (Å²) in [4.78, 5) is 26.7. The maximum Gasteiger partial charge on any atom is 0.297 e. The number of aliphatic hydroxyl groups is 1. The maximum atomic E-state index is 14.0. The molecule has 0 aliphatic carbocycles. The molecule has 0 unspecified atom stereocenters. The number of anilines is 2. The smallest absolute Gasteiger partial charge is 0.297 e. The van der Waals surface area contributed by atoms with Crippen LogP contribution in [0.25, 0.3) is 38.8 Å². The molecule has 6 aromatic rings. The molecule has 1 aliphatic rings. The average molecular weight is 666 g/mol.